The van der Waals surface area contributed by atoms with E-state index in [1.54, 1.807) is 0 Å². The van der Waals surface area contributed by atoms with Crippen LogP contribution in [-0.2, 0) is 24.0 Å². The summed E-state index contributed by atoms with van der Waals surface area (Å²) < 4.78 is 0. The van der Waals surface area contributed by atoms with Crippen molar-refractivity contribution in [3.8, 4) is 0 Å². The van der Waals surface area contributed by atoms with Crippen molar-refractivity contribution in [3.63, 3.8) is 0 Å². The summed E-state index contributed by atoms with van der Waals surface area (Å²) in [6.45, 7) is 10.5. The molecule has 302 valence electrons. The van der Waals surface area contributed by atoms with E-state index in [9.17, 15) is 24.0 Å². The number of nitrogens with one attached hydrogen (secondary N) is 6. The molecule has 8 unspecified atom stereocenters. The number of hydrogen-bond acceptors (Lipinski definition) is 12. The van der Waals surface area contributed by atoms with Crippen molar-refractivity contribution in [2.75, 3.05) is 52.4 Å². The van der Waals surface area contributed by atoms with Crippen molar-refractivity contribution in [2.45, 2.75) is 139 Å². The third-order valence-corrected chi connectivity index (χ3v) is 14.0. The number of piperazine rings is 1. The molecule has 15 nitrogen and oxygen atoms in total. The predicted molar refractivity (Wildman–Crippen MR) is 204 cm³/mol. The number of piperidine rings is 1. The molecule has 2 saturated carbocycles. The van der Waals surface area contributed by atoms with Crippen molar-refractivity contribution >= 4 is 41.1 Å². The molecule has 5 aliphatic heterocycles. The van der Waals surface area contributed by atoms with Gasteiger partial charge in [-0.1, -0.05) is 33.1 Å². The zero-order valence-corrected chi connectivity index (χ0v) is 33.0. The molecule has 10 atom stereocenters. The molecule has 7 aliphatic rings. The SMILES string of the molecule is CCC(CC)C1CC(N[C@H]2CC[C@H](NCC(=O)N3CCN(CCCNC4CCCC5C(=O)N(C6CCC(=O)NC6=O)C(=O)C45)CC3)C2)N2NCC(Cl)C2N1. The summed E-state index contributed by atoms with van der Waals surface area (Å²) in [6, 6.07) is 0.202. The largest absolute Gasteiger partial charge is 0.339 e. The minimum absolute atomic E-state index is 0.0473. The first-order valence-corrected chi connectivity index (χ1v) is 21.4. The minimum Gasteiger partial charge on any atom is -0.339 e. The van der Waals surface area contributed by atoms with Crippen LogP contribution in [0.4, 0.5) is 0 Å². The van der Waals surface area contributed by atoms with Gasteiger partial charge in [0.15, 0.2) is 0 Å². The fraction of sp³-hybridized carbons (Fsp3) is 0.868. The molecule has 0 aromatic carbocycles. The molecule has 54 heavy (non-hydrogen) atoms. The van der Waals surface area contributed by atoms with Gasteiger partial charge in [-0.25, -0.2) is 5.01 Å². The van der Waals surface area contributed by atoms with Crippen molar-refractivity contribution in [1.29, 1.82) is 0 Å². The van der Waals surface area contributed by atoms with Crippen LogP contribution in [0.2, 0.25) is 0 Å². The lowest BCUT2D eigenvalue weighted by molar-refractivity contribution is -0.151. The average Bonchev–Trinajstić information content (AvgIpc) is 3.86. The van der Waals surface area contributed by atoms with Gasteiger partial charge in [0.25, 0.3) is 0 Å². The van der Waals surface area contributed by atoms with Crippen LogP contribution < -0.4 is 32.0 Å². The number of imide groups is 2. The Balaban J connectivity index is 0.787. The van der Waals surface area contributed by atoms with Crippen molar-refractivity contribution in [3.05, 3.63) is 0 Å². The average molecular weight is 775 g/mol. The highest BCUT2D eigenvalue weighted by Crippen LogP contribution is 2.40. The first-order chi connectivity index (χ1) is 26.1. The predicted octanol–water partition coefficient (Wildman–Crippen LogP) is 0.0474. The second kappa shape index (κ2) is 17.9. The zero-order valence-electron chi connectivity index (χ0n) is 32.2. The Morgan fingerprint density at radius 2 is 1.70 bits per heavy atom. The molecule has 5 saturated heterocycles. The fourth-order valence-corrected chi connectivity index (χ4v) is 10.8. The Bertz CT molecular complexity index is 1380. The lowest BCUT2D eigenvalue weighted by Gasteiger charge is -2.46. The molecule has 0 bridgehead atoms. The van der Waals surface area contributed by atoms with Crippen LogP contribution >= 0.6 is 11.6 Å². The number of halogens is 1. The van der Waals surface area contributed by atoms with Gasteiger partial charge in [-0.15, -0.1) is 11.6 Å². The molecule has 7 fully saturated rings. The number of amides is 5. The lowest BCUT2D eigenvalue weighted by Crippen LogP contribution is -2.67. The van der Waals surface area contributed by atoms with E-state index in [-0.39, 0.29) is 60.2 Å². The van der Waals surface area contributed by atoms with Crippen LogP contribution in [0.25, 0.3) is 0 Å². The number of rotatable bonds is 14. The molecule has 5 amide bonds. The number of alkyl halides is 1. The van der Waals surface area contributed by atoms with Crippen molar-refractivity contribution < 1.29 is 24.0 Å². The summed E-state index contributed by atoms with van der Waals surface area (Å²) >= 11 is 6.72. The van der Waals surface area contributed by atoms with E-state index < -0.39 is 23.8 Å². The first-order valence-electron chi connectivity index (χ1n) is 21.0. The van der Waals surface area contributed by atoms with Gasteiger partial charge < -0.3 is 15.5 Å². The normalized spacial score (nSPS) is 36.6. The van der Waals surface area contributed by atoms with Gasteiger partial charge in [0, 0.05) is 63.3 Å². The molecule has 7 rings (SSSR count). The summed E-state index contributed by atoms with van der Waals surface area (Å²) in [6.07, 6.45) is 10.5. The summed E-state index contributed by atoms with van der Waals surface area (Å²) in [5.41, 5.74) is 3.53. The van der Waals surface area contributed by atoms with Crippen LogP contribution in [0.3, 0.4) is 0 Å². The van der Waals surface area contributed by atoms with Crippen LogP contribution in [-0.4, -0.2) is 150 Å². The highest BCUT2D eigenvalue weighted by atomic mass is 35.5. The summed E-state index contributed by atoms with van der Waals surface area (Å²) in [5.74, 6) is -1.49. The van der Waals surface area contributed by atoms with Crippen molar-refractivity contribution in [2.24, 2.45) is 17.8 Å². The number of nitrogens with zero attached hydrogens (tertiary/aromatic N) is 4. The zero-order chi connectivity index (χ0) is 37.9. The Labute approximate surface area is 325 Å². The third kappa shape index (κ3) is 8.68. The molecular formula is C38H63ClN10O5. The smallest absolute Gasteiger partial charge is 0.249 e. The van der Waals surface area contributed by atoms with Gasteiger partial charge in [0.05, 0.1) is 36.1 Å². The Morgan fingerprint density at radius 1 is 0.926 bits per heavy atom. The van der Waals surface area contributed by atoms with Gasteiger partial charge in [-0.2, -0.15) is 0 Å². The Kier molecular flexibility index (Phi) is 13.3. The number of hydrazine groups is 1. The molecule has 5 heterocycles. The van der Waals surface area contributed by atoms with E-state index in [0.717, 1.165) is 109 Å². The highest BCUT2D eigenvalue weighted by molar-refractivity contribution is 6.21. The monoisotopic (exact) mass is 774 g/mol. The number of hydrogen-bond donors (Lipinski definition) is 6. The fourth-order valence-electron chi connectivity index (χ4n) is 10.5. The first kappa shape index (κ1) is 40.0. The maximum absolute atomic E-state index is 13.5. The topological polar surface area (TPSA) is 170 Å². The van der Waals surface area contributed by atoms with Crippen LogP contribution in [0, 0.1) is 17.8 Å². The molecule has 0 radical (unpaired) electrons. The quantitative estimate of drug-likeness (QED) is 0.0798. The molecule has 0 spiro atoms. The number of fused-ring (bicyclic) bond motifs is 2. The molecule has 6 N–H and O–H groups in total. The summed E-state index contributed by atoms with van der Waals surface area (Å²) in [4.78, 5) is 69.6. The molecule has 0 aromatic heterocycles. The second-order valence-corrected chi connectivity index (χ2v) is 17.4. The lowest BCUT2D eigenvalue weighted by atomic mass is 9.77. The summed E-state index contributed by atoms with van der Waals surface area (Å²) in [5, 5.41) is 19.6. The molecule has 16 heteroatoms. The van der Waals surface area contributed by atoms with Crippen LogP contribution in [0.5, 0.6) is 0 Å². The number of carbonyl (C=O) groups is 5. The second-order valence-electron chi connectivity index (χ2n) is 16.8. The van der Waals surface area contributed by atoms with E-state index in [4.69, 9.17) is 11.6 Å². The van der Waals surface area contributed by atoms with E-state index >= 15 is 0 Å². The van der Waals surface area contributed by atoms with Crippen LogP contribution in [0.15, 0.2) is 0 Å². The summed E-state index contributed by atoms with van der Waals surface area (Å²) in [7, 11) is 0. The van der Waals surface area contributed by atoms with Gasteiger partial charge in [0.1, 0.15) is 6.04 Å². The van der Waals surface area contributed by atoms with Crippen molar-refractivity contribution in [1.82, 2.24) is 51.7 Å². The van der Waals surface area contributed by atoms with Gasteiger partial charge >= 0.3 is 0 Å². The molecular weight excluding hydrogens is 712 g/mol. The highest BCUT2D eigenvalue weighted by Gasteiger charge is 2.55. The van der Waals surface area contributed by atoms with Crippen LogP contribution in [0.1, 0.15) is 90.9 Å². The maximum Gasteiger partial charge on any atom is 0.249 e. The van der Waals surface area contributed by atoms with Gasteiger partial charge in [-0.3, -0.25) is 55.1 Å². The Hall–Kier alpha value is -2.24. The van der Waals surface area contributed by atoms with Gasteiger partial charge in [0.2, 0.25) is 29.5 Å². The maximum atomic E-state index is 13.5. The molecule has 2 aliphatic carbocycles. The van der Waals surface area contributed by atoms with E-state index in [2.05, 4.69) is 55.8 Å². The Morgan fingerprint density at radius 3 is 2.46 bits per heavy atom. The standard InChI is InChI=1S/C38H63ClN10O5/c1-3-23(4-2)29-20-31(49-35(44-29)27(39)21-42-49)43-25-10-9-24(19-25)41-22-33(51)47-17-15-46(16-18-47)14-6-13-40-28-8-5-7-26-34(28)38(54)48(37(26)53)30-11-12-32(50)45-36(30)52/h23-31,34-35,40-44H,3-22H2,1-2H3,(H,45,50,52)/t24-,25-,26?,27?,28?,29?,30?,31?,34?,35?/m0/s1. The third-order valence-electron chi connectivity index (χ3n) is 13.6. The minimum atomic E-state index is -0.888. The van der Waals surface area contributed by atoms with E-state index in [1.165, 1.54) is 0 Å². The number of carbonyl (C=O) groups excluding carboxylic acids is 5. The van der Waals surface area contributed by atoms with E-state index in [0.29, 0.717) is 37.0 Å². The van der Waals surface area contributed by atoms with E-state index in [1.807, 2.05) is 4.90 Å². The molecule has 0 aromatic rings. The number of likely N-dealkylation sites (tertiary alicyclic amines) is 1. The van der Waals surface area contributed by atoms with Gasteiger partial charge in [-0.05, 0) is 70.4 Å².